The van der Waals surface area contributed by atoms with E-state index < -0.39 is 12.2 Å². The average molecular weight is 397 g/mol. The summed E-state index contributed by atoms with van der Waals surface area (Å²) in [5.74, 6) is 2.63. The van der Waals surface area contributed by atoms with Crippen molar-refractivity contribution in [2.45, 2.75) is 78.4 Å². The van der Waals surface area contributed by atoms with Crippen LogP contribution < -0.4 is 0 Å². The Kier molecular flexibility index (Phi) is 7.06. The Hall–Kier alpha value is -1.38. The molecule has 2 fully saturated rings. The van der Waals surface area contributed by atoms with Crippen molar-refractivity contribution in [2.24, 2.45) is 29.1 Å². The molecule has 0 heterocycles. The standard InChI is InChI=1S/C27H40O2/c1-18(2)8-6-9-19(3)24-13-14-25-21(10-7-15-27(24,25)5)11-12-22-16-23(28)17-26(29)20(22)4/h6-7,9-12,18-19,23-26,28-29H,4,8,13-17H2,1-3,5H3/b9-6-,21-11+,22-12-/t19-,23-,24-,25+,26+,27-/m1/s1. The van der Waals surface area contributed by atoms with Crippen molar-refractivity contribution in [3.63, 3.8) is 0 Å². The first-order valence-corrected chi connectivity index (χ1v) is 11.5. The summed E-state index contributed by atoms with van der Waals surface area (Å²) in [5, 5.41) is 20.1. The van der Waals surface area contributed by atoms with Crippen molar-refractivity contribution in [2.75, 3.05) is 0 Å². The fourth-order valence-electron chi connectivity index (χ4n) is 5.86. The van der Waals surface area contributed by atoms with E-state index in [4.69, 9.17) is 0 Å². The molecular formula is C27H40O2. The summed E-state index contributed by atoms with van der Waals surface area (Å²) in [5.41, 5.74) is 3.46. The van der Waals surface area contributed by atoms with E-state index in [0.717, 1.165) is 29.9 Å². The molecule has 0 bridgehead atoms. The number of aliphatic hydroxyl groups is 2. The van der Waals surface area contributed by atoms with Crippen LogP contribution >= 0.6 is 0 Å². The number of fused-ring (bicyclic) bond motifs is 1. The molecule has 3 rings (SSSR count). The van der Waals surface area contributed by atoms with Crippen LogP contribution in [-0.4, -0.2) is 22.4 Å². The Labute approximate surface area is 177 Å². The van der Waals surface area contributed by atoms with Gasteiger partial charge in [0.1, 0.15) is 0 Å². The lowest BCUT2D eigenvalue weighted by Gasteiger charge is -2.41. The minimum absolute atomic E-state index is 0.309. The minimum Gasteiger partial charge on any atom is -0.393 e. The van der Waals surface area contributed by atoms with E-state index in [1.54, 1.807) is 0 Å². The monoisotopic (exact) mass is 396 g/mol. The number of rotatable bonds is 5. The topological polar surface area (TPSA) is 40.5 Å². The smallest absolute Gasteiger partial charge is 0.0811 e. The molecule has 0 unspecified atom stereocenters. The Morgan fingerprint density at radius 2 is 1.97 bits per heavy atom. The highest BCUT2D eigenvalue weighted by molar-refractivity contribution is 5.41. The number of aliphatic hydroxyl groups excluding tert-OH is 2. The predicted octanol–water partition coefficient (Wildman–Crippen LogP) is 6.14. The Bertz CT molecular complexity index is 723. The fourth-order valence-corrected chi connectivity index (χ4v) is 5.86. The van der Waals surface area contributed by atoms with Crippen molar-refractivity contribution in [3.8, 4) is 0 Å². The van der Waals surface area contributed by atoms with Gasteiger partial charge in [0.05, 0.1) is 12.2 Å². The Morgan fingerprint density at radius 3 is 2.69 bits per heavy atom. The number of allylic oxidation sites excluding steroid dienone is 7. The van der Waals surface area contributed by atoms with Crippen LogP contribution in [0, 0.1) is 29.1 Å². The van der Waals surface area contributed by atoms with Gasteiger partial charge in [0.2, 0.25) is 0 Å². The van der Waals surface area contributed by atoms with Gasteiger partial charge in [0.25, 0.3) is 0 Å². The second kappa shape index (κ2) is 9.18. The van der Waals surface area contributed by atoms with Gasteiger partial charge in [0, 0.05) is 6.42 Å². The summed E-state index contributed by atoms with van der Waals surface area (Å²) in [7, 11) is 0. The van der Waals surface area contributed by atoms with Gasteiger partial charge in [-0.1, -0.05) is 70.7 Å². The molecular weight excluding hydrogens is 356 g/mol. The van der Waals surface area contributed by atoms with Crippen LogP contribution in [0.15, 0.2) is 59.8 Å². The van der Waals surface area contributed by atoms with E-state index in [2.05, 4.69) is 70.7 Å². The molecule has 0 amide bonds. The zero-order valence-corrected chi connectivity index (χ0v) is 18.8. The van der Waals surface area contributed by atoms with Crippen LogP contribution in [0.1, 0.15) is 66.2 Å². The van der Waals surface area contributed by atoms with Crippen LogP contribution in [0.4, 0.5) is 0 Å². The van der Waals surface area contributed by atoms with Crippen molar-refractivity contribution in [3.05, 3.63) is 59.8 Å². The first-order chi connectivity index (χ1) is 13.7. The minimum atomic E-state index is -0.620. The lowest BCUT2D eigenvalue weighted by Crippen LogP contribution is -2.34. The number of hydrogen-bond donors (Lipinski definition) is 2. The maximum absolute atomic E-state index is 10.1. The van der Waals surface area contributed by atoms with Crippen LogP contribution in [0.3, 0.4) is 0 Å². The summed E-state index contributed by atoms with van der Waals surface area (Å²) < 4.78 is 0. The van der Waals surface area contributed by atoms with Gasteiger partial charge in [0.15, 0.2) is 0 Å². The Balaban J connectivity index is 1.77. The van der Waals surface area contributed by atoms with Crippen molar-refractivity contribution < 1.29 is 10.2 Å². The Morgan fingerprint density at radius 1 is 1.21 bits per heavy atom. The van der Waals surface area contributed by atoms with Crippen LogP contribution in [-0.2, 0) is 0 Å². The van der Waals surface area contributed by atoms with E-state index in [1.807, 2.05) is 0 Å². The van der Waals surface area contributed by atoms with Crippen molar-refractivity contribution >= 4 is 0 Å². The predicted molar refractivity (Wildman–Crippen MR) is 122 cm³/mol. The third-order valence-electron chi connectivity index (χ3n) is 7.60. The molecule has 2 heteroatoms. The van der Waals surface area contributed by atoms with Crippen molar-refractivity contribution in [1.29, 1.82) is 0 Å². The van der Waals surface area contributed by atoms with Crippen LogP contribution in [0.5, 0.6) is 0 Å². The quantitative estimate of drug-likeness (QED) is 0.548. The van der Waals surface area contributed by atoms with E-state index in [1.165, 1.54) is 18.4 Å². The molecule has 0 radical (unpaired) electrons. The van der Waals surface area contributed by atoms with Gasteiger partial charge in [-0.05, 0) is 77.9 Å². The number of hydrogen-bond acceptors (Lipinski definition) is 2. The van der Waals surface area contributed by atoms with Gasteiger partial charge in [-0.25, -0.2) is 0 Å². The lowest BCUT2D eigenvalue weighted by molar-refractivity contribution is 0.0862. The second-order valence-corrected chi connectivity index (χ2v) is 10.3. The zero-order valence-electron chi connectivity index (χ0n) is 18.8. The van der Waals surface area contributed by atoms with Gasteiger partial charge < -0.3 is 10.2 Å². The molecule has 29 heavy (non-hydrogen) atoms. The molecule has 2 saturated carbocycles. The van der Waals surface area contributed by atoms with E-state index >= 15 is 0 Å². The molecule has 6 atom stereocenters. The highest BCUT2D eigenvalue weighted by atomic mass is 16.3. The van der Waals surface area contributed by atoms with Gasteiger partial charge in [-0.2, -0.15) is 0 Å². The van der Waals surface area contributed by atoms with E-state index in [0.29, 0.717) is 36.0 Å². The molecule has 160 valence electrons. The average Bonchev–Trinajstić information content (AvgIpc) is 3.00. The zero-order chi connectivity index (χ0) is 21.2. The molecule has 0 aromatic carbocycles. The maximum Gasteiger partial charge on any atom is 0.0811 e. The first-order valence-electron chi connectivity index (χ1n) is 11.5. The van der Waals surface area contributed by atoms with Gasteiger partial charge >= 0.3 is 0 Å². The summed E-state index contributed by atoms with van der Waals surface area (Å²) in [6.07, 6.45) is 18.6. The summed E-state index contributed by atoms with van der Waals surface area (Å²) in [6, 6.07) is 0. The SMILES string of the molecule is C=C1/C(=C\C=C2/C=CC[C@]3(C)[C@@H]([C@H](C)/C=C\CC(C)C)CC[C@@H]23)C[C@@H](O)C[C@@H]1O. The third kappa shape index (κ3) is 4.86. The highest BCUT2D eigenvalue weighted by Crippen LogP contribution is 2.58. The summed E-state index contributed by atoms with van der Waals surface area (Å²) in [6.45, 7) is 13.5. The summed E-state index contributed by atoms with van der Waals surface area (Å²) >= 11 is 0. The molecule has 2 N–H and O–H groups in total. The summed E-state index contributed by atoms with van der Waals surface area (Å²) in [4.78, 5) is 0. The largest absolute Gasteiger partial charge is 0.393 e. The molecule has 0 aliphatic heterocycles. The second-order valence-electron chi connectivity index (χ2n) is 10.3. The fraction of sp³-hybridized carbons (Fsp3) is 0.630. The van der Waals surface area contributed by atoms with E-state index in [-0.39, 0.29) is 0 Å². The molecule has 0 saturated heterocycles. The molecule has 0 aromatic rings. The van der Waals surface area contributed by atoms with Crippen LogP contribution in [0.25, 0.3) is 0 Å². The van der Waals surface area contributed by atoms with Crippen LogP contribution in [0.2, 0.25) is 0 Å². The molecule has 3 aliphatic rings. The normalized spacial score (nSPS) is 39.1. The lowest BCUT2D eigenvalue weighted by atomic mass is 9.63. The van der Waals surface area contributed by atoms with Gasteiger partial charge in [-0.3, -0.25) is 0 Å². The maximum atomic E-state index is 10.1. The highest BCUT2D eigenvalue weighted by Gasteiger charge is 2.49. The first kappa shape index (κ1) is 22.3. The van der Waals surface area contributed by atoms with E-state index in [9.17, 15) is 10.2 Å². The van der Waals surface area contributed by atoms with Gasteiger partial charge in [-0.15, -0.1) is 0 Å². The molecule has 2 nitrogen and oxygen atoms in total. The third-order valence-corrected chi connectivity index (χ3v) is 7.60. The van der Waals surface area contributed by atoms with Crippen molar-refractivity contribution in [1.82, 2.24) is 0 Å². The molecule has 3 aliphatic carbocycles. The molecule has 0 spiro atoms. The molecule has 0 aromatic heterocycles.